The van der Waals surface area contributed by atoms with E-state index in [1.165, 1.54) is 24.3 Å². The summed E-state index contributed by atoms with van der Waals surface area (Å²) in [6, 6.07) is 12.4. The summed E-state index contributed by atoms with van der Waals surface area (Å²) in [5.74, 6) is -0.358. The zero-order valence-corrected chi connectivity index (χ0v) is 11.5. The van der Waals surface area contributed by atoms with Gasteiger partial charge in [0, 0.05) is 12.1 Å². The second-order valence-electron chi connectivity index (χ2n) is 4.45. The maximum Gasteiger partial charge on any atom is 0.269 e. The van der Waals surface area contributed by atoms with E-state index < -0.39 is 4.92 Å². The Balaban J connectivity index is 2.01. The van der Waals surface area contributed by atoms with Gasteiger partial charge in [-0.1, -0.05) is 30.4 Å². The van der Waals surface area contributed by atoms with Crippen LogP contribution >= 0.6 is 0 Å². The molecule has 0 atom stereocenters. The number of hydrogen-bond donors (Lipinski definition) is 1. The van der Waals surface area contributed by atoms with Crippen molar-refractivity contribution in [3.05, 3.63) is 88.0 Å². The van der Waals surface area contributed by atoms with Gasteiger partial charge in [-0.25, -0.2) is 0 Å². The quantitative estimate of drug-likeness (QED) is 0.299. The van der Waals surface area contributed by atoms with Crippen molar-refractivity contribution >= 4 is 17.5 Å². The molecule has 0 aliphatic carbocycles. The molecule has 0 unspecified atom stereocenters. The van der Waals surface area contributed by atoms with E-state index in [2.05, 4.69) is 0 Å². The highest BCUT2D eigenvalue weighted by Gasteiger charge is 2.05. The van der Waals surface area contributed by atoms with Crippen LogP contribution < -0.4 is 0 Å². The van der Waals surface area contributed by atoms with Gasteiger partial charge in [0.25, 0.3) is 5.69 Å². The molecule has 22 heavy (non-hydrogen) atoms. The van der Waals surface area contributed by atoms with E-state index in [0.29, 0.717) is 0 Å². The maximum absolute atomic E-state index is 11.8. The lowest BCUT2D eigenvalue weighted by molar-refractivity contribution is -0.384. The molecule has 0 saturated heterocycles. The molecule has 2 aromatic carbocycles. The van der Waals surface area contributed by atoms with E-state index in [4.69, 9.17) is 0 Å². The van der Waals surface area contributed by atoms with Crippen LogP contribution in [0.1, 0.15) is 15.9 Å². The number of phenols is 1. The normalized spacial score (nSPS) is 11.1. The Morgan fingerprint density at radius 1 is 1.05 bits per heavy atom. The topological polar surface area (TPSA) is 80.4 Å². The van der Waals surface area contributed by atoms with Crippen LogP contribution in [-0.4, -0.2) is 15.8 Å². The van der Waals surface area contributed by atoms with Crippen LogP contribution in [0.3, 0.4) is 0 Å². The number of ketones is 1. The van der Waals surface area contributed by atoms with E-state index in [0.717, 1.165) is 5.56 Å². The molecule has 0 radical (unpaired) electrons. The first-order valence-corrected chi connectivity index (χ1v) is 6.49. The molecule has 0 fully saturated rings. The third-order valence-electron chi connectivity index (χ3n) is 2.92. The third-order valence-corrected chi connectivity index (χ3v) is 2.92. The Hall–Kier alpha value is -3.21. The van der Waals surface area contributed by atoms with E-state index in [-0.39, 0.29) is 22.8 Å². The third kappa shape index (κ3) is 3.89. The molecule has 0 bridgehead atoms. The lowest BCUT2D eigenvalue weighted by Crippen LogP contribution is -1.93. The monoisotopic (exact) mass is 295 g/mol. The van der Waals surface area contributed by atoms with Crippen LogP contribution in [0.15, 0.2) is 66.8 Å². The summed E-state index contributed by atoms with van der Waals surface area (Å²) in [7, 11) is 0. The molecule has 0 heterocycles. The van der Waals surface area contributed by atoms with Gasteiger partial charge in [0.1, 0.15) is 5.75 Å². The Kier molecular flexibility index (Phi) is 4.82. The molecule has 5 heteroatoms. The first-order chi connectivity index (χ1) is 10.6. The molecule has 0 amide bonds. The average Bonchev–Trinajstić information content (AvgIpc) is 2.52. The van der Waals surface area contributed by atoms with Crippen LogP contribution in [0.25, 0.3) is 6.08 Å². The molecule has 0 aliphatic heterocycles. The molecule has 110 valence electrons. The van der Waals surface area contributed by atoms with Crippen LogP contribution in [0.4, 0.5) is 5.69 Å². The Labute approximate surface area is 127 Å². The molecular weight excluding hydrogens is 282 g/mol. The minimum atomic E-state index is -0.460. The summed E-state index contributed by atoms with van der Waals surface area (Å²) in [5.41, 5.74) is 1.05. The van der Waals surface area contributed by atoms with Gasteiger partial charge >= 0.3 is 0 Å². The number of carbonyl (C=O) groups excluding carboxylic acids is 1. The van der Waals surface area contributed by atoms with Crippen molar-refractivity contribution < 1.29 is 14.8 Å². The highest BCUT2D eigenvalue weighted by atomic mass is 16.6. The summed E-state index contributed by atoms with van der Waals surface area (Å²) in [4.78, 5) is 21.9. The van der Waals surface area contributed by atoms with Crippen molar-refractivity contribution in [3.8, 4) is 5.75 Å². The number of nitro groups is 1. The van der Waals surface area contributed by atoms with Gasteiger partial charge in [-0.15, -0.1) is 0 Å². The summed E-state index contributed by atoms with van der Waals surface area (Å²) >= 11 is 0. The zero-order valence-electron chi connectivity index (χ0n) is 11.5. The van der Waals surface area contributed by atoms with Gasteiger partial charge in [0.2, 0.25) is 0 Å². The van der Waals surface area contributed by atoms with Gasteiger partial charge in [-0.05, 0) is 35.9 Å². The number of carbonyl (C=O) groups is 1. The van der Waals surface area contributed by atoms with Gasteiger partial charge in [-0.2, -0.15) is 0 Å². The predicted molar refractivity (Wildman–Crippen MR) is 83.7 cm³/mol. The summed E-state index contributed by atoms with van der Waals surface area (Å²) < 4.78 is 0. The van der Waals surface area contributed by atoms with Crippen molar-refractivity contribution in [1.82, 2.24) is 0 Å². The average molecular weight is 295 g/mol. The van der Waals surface area contributed by atoms with Crippen LogP contribution in [0.2, 0.25) is 0 Å². The number of aromatic hydroxyl groups is 1. The van der Waals surface area contributed by atoms with E-state index >= 15 is 0 Å². The first kappa shape index (κ1) is 15.2. The van der Waals surface area contributed by atoms with Crippen LogP contribution in [0, 0.1) is 10.1 Å². The van der Waals surface area contributed by atoms with E-state index in [1.807, 2.05) is 0 Å². The van der Waals surface area contributed by atoms with Crippen molar-refractivity contribution in [2.24, 2.45) is 0 Å². The second-order valence-corrected chi connectivity index (χ2v) is 4.45. The van der Waals surface area contributed by atoms with Crippen LogP contribution in [0.5, 0.6) is 5.75 Å². The van der Waals surface area contributed by atoms with Gasteiger partial charge in [0.15, 0.2) is 5.78 Å². The molecular formula is C17H13NO4. The number of nitro benzene ring substituents is 1. The van der Waals surface area contributed by atoms with Crippen molar-refractivity contribution in [1.29, 1.82) is 0 Å². The fourth-order valence-electron chi connectivity index (χ4n) is 1.79. The highest BCUT2D eigenvalue weighted by molar-refractivity contribution is 6.06. The van der Waals surface area contributed by atoms with E-state index in [1.54, 1.807) is 48.6 Å². The predicted octanol–water partition coefficient (Wildman–Crippen LogP) is 3.75. The number of rotatable bonds is 5. The standard InChI is InChI=1S/C17H13NO4/c19-16(15-6-2-4-8-17(15)20)7-3-1-5-13-9-11-14(12-10-13)18(21)22/h1-12,20H/b5-1+,7-3+. The summed E-state index contributed by atoms with van der Waals surface area (Å²) in [5, 5.41) is 20.1. The molecule has 0 saturated carbocycles. The Morgan fingerprint density at radius 3 is 2.36 bits per heavy atom. The fourth-order valence-corrected chi connectivity index (χ4v) is 1.79. The SMILES string of the molecule is O=C(/C=C/C=C/c1ccc([N+](=O)[O-])cc1)c1ccccc1O. The van der Waals surface area contributed by atoms with E-state index in [9.17, 15) is 20.0 Å². The second kappa shape index (κ2) is 6.99. The fraction of sp³-hybridized carbons (Fsp3) is 0. The number of nitrogens with zero attached hydrogens (tertiary/aromatic N) is 1. The van der Waals surface area contributed by atoms with Gasteiger partial charge in [-0.3, -0.25) is 14.9 Å². The lowest BCUT2D eigenvalue weighted by atomic mass is 10.1. The van der Waals surface area contributed by atoms with Crippen LogP contribution in [-0.2, 0) is 0 Å². The number of allylic oxidation sites excluding steroid dienone is 3. The minimum Gasteiger partial charge on any atom is -0.507 e. The molecule has 0 spiro atoms. The highest BCUT2D eigenvalue weighted by Crippen LogP contribution is 2.16. The number of phenolic OH excluding ortho intramolecular Hbond substituents is 1. The maximum atomic E-state index is 11.8. The van der Waals surface area contributed by atoms with Gasteiger partial charge < -0.3 is 5.11 Å². The zero-order chi connectivity index (χ0) is 15.9. The molecule has 2 aromatic rings. The minimum absolute atomic E-state index is 0.0300. The van der Waals surface area contributed by atoms with Gasteiger partial charge in [0.05, 0.1) is 10.5 Å². The van der Waals surface area contributed by atoms with Crippen molar-refractivity contribution in [3.63, 3.8) is 0 Å². The number of para-hydroxylation sites is 1. The Bertz CT molecular complexity index is 746. The molecule has 5 nitrogen and oxygen atoms in total. The molecule has 0 aromatic heterocycles. The molecule has 2 rings (SSSR count). The Morgan fingerprint density at radius 2 is 1.73 bits per heavy atom. The smallest absolute Gasteiger partial charge is 0.269 e. The lowest BCUT2D eigenvalue weighted by Gasteiger charge is -1.98. The first-order valence-electron chi connectivity index (χ1n) is 6.49. The largest absolute Gasteiger partial charge is 0.507 e. The number of non-ortho nitro benzene ring substituents is 1. The van der Waals surface area contributed by atoms with Crippen molar-refractivity contribution in [2.45, 2.75) is 0 Å². The number of hydrogen-bond acceptors (Lipinski definition) is 4. The molecule has 1 N–H and O–H groups in total. The van der Waals surface area contributed by atoms with Crippen molar-refractivity contribution in [2.75, 3.05) is 0 Å². The summed E-state index contributed by atoms with van der Waals surface area (Å²) in [6.07, 6.45) is 6.27. The summed E-state index contributed by atoms with van der Waals surface area (Å²) in [6.45, 7) is 0. The number of benzene rings is 2. The molecule has 0 aliphatic rings.